The highest BCUT2D eigenvalue weighted by atomic mass is 16.5. The van der Waals surface area contributed by atoms with Crippen molar-refractivity contribution in [1.29, 1.82) is 5.26 Å². The number of para-hydroxylation sites is 3. The predicted octanol–water partition coefficient (Wildman–Crippen LogP) is 5.51. The van der Waals surface area contributed by atoms with Gasteiger partial charge in [0, 0.05) is 24.4 Å². The number of aromatic nitrogens is 4. The summed E-state index contributed by atoms with van der Waals surface area (Å²) in [6, 6.07) is 25.7. The van der Waals surface area contributed by atoms with Crippen molar-refractivity contribution in [3.05, 3.63) is 90.4 Å². The molecule has 0 amide bonds. The number of allylic oxidation sites excluding steroid dienone is 1. The lowest BCUT2D eigenvalue weighted by Gasteiger charge is -2.09. The van der Waals surface area contributed by atoms with Gasteiger partial charge in [-0.15, -0.1) is 0 Å². The monoisotopic (exact) mass is 461 g/mol. The van der Waals surface area contributed by atoms with E-state index in [1.165, 1.54) is 0 Å². The van der Waals surface area contributed by atoms with Crippen molar-refractivity contribution in [1.82, 2.24) is 19.3 Å². The molecule has 0 atom stereocenters. The van der Waals surface area contributed by atoms with Crippen molar-refractivity contribution >= 4 is 22.7 Å². The lowest BCUT2D eigenvalue weighted by molar-refractivity contribution is 0.355. The molecule has 0 spiro atoms. The van der Waals surface area contributed by atoms with Crippen molar-refractivity contribution < 1.29 is 9.47 Å². The highest BCUT2D eigenvalue weighted by molar-refractivity contribution is 5.93. The lowest BCUT2D eigenvalue weighted by atomic mass is 10.1. The number of nitriles is 1. The van der Waals surface area contributed by atoms with Crippen LogP contribution in [0, 0.1) is 11.3 Å². The molecule has 0 radical (unpaired) electrons. The maximum absolute atomic E-state index is 10.1. The van der Waals surface area contributed by atoms with Gasteiger partial charge in [-0.2, -0.15) is 10.4 Å². The molecule has 7 nitrogen and oxygen atoms in total. The molecule has 0 aliphatic rings. The first-order valence-electron chi connectivity index (χ1n) is 11.0. The van der Waals surface area contributed by atoms with Gasteiger partial charge in [0.1, 0.15) is 11.8 Å². The van der Waals surface area contributed by atoms with Gasteiger partial charge in [-0.1, -0.05) is 30.3 Å². The Kier molecular flexibility index (Phi) is 5.78. The summed E-state index contributed by atoms with van der Waals surface area (Å²) in [5, 5.41) is 15.0. The van der Waals surface area contributed by atoms with Gasteiger partial charge in [0.2, 0.25) is 0 Å². The molecule has 0 aliphatic heterocycles. The number of methoxy groups -OCH3 is 2. The fraction of sp³-hybridized carbons (Fsp3) is 0.107. The SMILES string of the molecule is COc1ccc(-c2nn(-c3ccccc3)cc2C=C(C#N)c2nc3ccccc3n2C)cc1OC. The summed E-state index contributed by atoms with van der Waals surface area (Å²) in [4.78, 5) is 4.71. The van der Waals surface area contributed by atoms with E-state index >= 15 is 0 Å². The Labute approximate surface area is 203 Å². The van der Waals surface area contributed by atoms with Crippen LogP contribution in [0.3, 0.4) is 0 Å². The van der Waals surface area contributed by atoms with Gasteiger partial charge in [-0.05, 0) is 48.5 Å². The second-order valence-corrected chi connectivity index (χ2v) is 7.94. The zero-order valence-electron chi connectivity index (χ0n) is 19.6. The molecule has 0 unspecified atom stereocenters. The summed E-state index contributed by atoms with van der Waals surface area (Å²) in [5.74, 6) is 1.83. The Morgan fingerprint density at radius 1 is 0.943 bits per heavy atom. The van der Waals surface area contributed by atoms with Crippen LogP contribution >= 0.6 is 0 Å². The van der Waals surface area contributed by atoms with Crippen LogP contribution in [0.4, 0.5) is 0 Å². The Balaban J connectivity index is 1.70. The fourth-order valence-electron chi connectivity index (χ4n) is 4.10. The van der Waals surface area contributed by atoms with Gasteiger partial charge in [0.25, 0.3) is 0 Å². The van der Waals surface area contributed by atoms with E-state index in [-0.39, 0.29) is 0 Å². The number of imidazole rings is 1. The van der Waals surface area contributed by atoms with Gasteiger partial charge < -0.3 is 14.0 Å². The molecule has 0 bridgehead atoms. The Hall–Kier alpha value is -4.83. The van der Waals surface area contributed by atoms with E-state index in [0.717, 1.165) is 27.8 Å². The average Bonchev–Trinajstić information content (AvgIpc) is 3.48. The van der Waals surface area contributed by atoms with E-state index in [1.54, 1.807) is 14.2 Å². The van der Waals surface area contributed by atoms with E-state index in [2.05, 4.69) is 6.07 Å². The van der Waals surface area contributed by atoms with Crippen LogP contribution in [0.2, 0.25) is 0 Å². The highest BCUT2D eigenvalue weighted by Gasteiger charge is 2.17. The maximum Gasteiger partial charge on any atom is 0.161 e. The van der Waals surface area contributed by atoms with Crippen LogP contribution in [-0.4, -0.2) is 33.6 Å². The van der Waals surface area contributed by atoms with Crippen molar-refractivity contribution in [3.8, 4) is 34.5 Å². The van der Waals surface area contributed by atoms with Crippen molar-refractivity contribution in [2.24, 2.45) is 7.05 Å². The normalized spacial score (nSPS) is 11.4. The zero-order valence-corrected chi connectivity index (χ0v) is 19.6. The number of nitrogens with zero attached hydrogens (tertiary/aromatic N) is 5. The van der Waals surface area contributed by atoms with Crippen LogP contribution in [-0.2, 0) is 7.05 Å². The van der Waals surface area contributed by atoms with E-state index < -0.39 is 0 Å². The van der Waals surface area contributed by atoms with E-state index in [0.29, 0.717) is 28.6 Å². The van der Waals surface area contributed by atoms with Crippen LogP contribution in [0.25, 0.3) is 39.6 Å². The van der Waals surface area contributed by atoms with Crippen LogP contribution in [0.1, 0.15) is 11.4 Å². The minimum absolute atomic E-state index is 0.443. The second kappa shape index (κ2) is 9.20. The van der Waals surface area contributed by atoms with Gasteiger partial charge in [0.15, 0.2) is 17.3 Å². The van der Waals surface area contributed by atoms with Crippen LogP contribution < -0.4 is 9.47 Å². The van der Waals surface area contributed by atoms with Crippen molar-refractivity contribution in [3.63, 3.8) is 0 Å². The molecule has 5 rings (SSSR count). The predicted molar refractivity (Wildman–Crippen MR) is 136 cm³/mol. The van der Waals surface area contributed by atoms with E-state index in [9.17, 15) is 5.26 Å². The van der Waals surface area contributed by atoms with Crippen LogP contribution in [0.5, 0.6) is 11.5 Å². The number of ether oxygens (including phenoxy) is 2. The second-order valence-electron chi connectivity index (χ2n) is 7.94. The summed E-state index contributed by atoms with van der Waals surface area (Å²) in [6.07, 6.45) is 3.75. The molecular formula is C28H23N5O2. The smallest absolute Gasteiger partial charge is 0.161 e. The third-order valence-corrected chi connectivity index (χ3v) is 5.87. The molecule has 35 heavy (non-hydrogen) atoms. The van der Waals surface area contributed by atoms with Gasteiger partial charge in [0.05, 0.1) is 36.5 Å². The number of benzene rings is 3. The van der Waals surface area contributed by atoms with Crippen molar-refractivity contribution in [2.45, 2.75) is 0 Å². The molecular weight excluding hydrogens is 438 g/mol. The first-order chi connectivity index (χ1) is 17.1. The Bertz CT molecular complexity index is 1590. The first kappa shape index (κ1) is 22.0. The molecule has 0 saturated heterocycles. The molecule has 0 aliphatic carbocycles. The summed E-state index contributed by atoms with van der Waals surface area (Å²) < 4.78 is 14.6. The molecule has 2 heterocycles. The summed E-state index contributed by atoms with van der Waals surface area (Å²) in [5.41, 5.74) is 5.49. The number of hydrogen-bond donors (Lipinski definition) is 0. The number of hydrogen-bond acceptors (Lipinski definition) is 5. The minimum Gasteiger partial charge on any atom is -0.493 e. The quantitative estimate of drug-likeness (QED) is 0.312. The third kappa shape index (κ3) is 4.02. The third-order valence-electron chi connectivity index (χ3n) is 5.87. The number of aryl methyl sites for hydroxylation is 1. The molecule has 0 fully saturated rings. The molecule has 7 heteroatoms. The Morgan fingerprint density at radius 2 is 1.69 bits per heavy atom. The topological polar surface area (TPSA) is 77.9 Å². The van der Waals surface area contributed by atoms with Crippen molar-refractivity contribution in [2.75, 3.05) is 14.2 Å². The lowest BCUT2D eigenvalue weighted by Crippen LogP contribution is -1.96. The molecule has 0 N–H and O–H groups in total. The van der Waals surface area contributed by atoms with Gasteiger partial charge in [-0.3, -0.25) is 0 Å². The number of rotatable bonds is 6. The zero-order chi connectivity index (χ0) is 24.4. The Morgan fingerprint density at radius 3 is 2.40 bits per heavy atom. The standard InChI is InChI=1S/C28H23N5O2/c1-32-24-12-8-7-11-23(24)30-28(32)20(17-29)15-21-18-33(22-9-5-4-6-10-22)31-27(21)19-13-14-25(34-2)26(16-19)35-3/h4-16,18H,1-3H3. The maximum atomic E-state index is 10.1. The molecule has 0 saturated carbocycles. The average molecular weight is 462 g/mol. The van der Waals surface area contributed by atoms with Crippen LogP contribution in [0.15, 0.2) is 79.0 Å². The molecule has 172 valence electrons. The summed E-state index contributed by atoms with van der Waals surface area (Å²) in [6.45, 7) is 0. The highest BCUT2D eigenvalue weighted by Crippen LogP contribution is 2.34. The van der Waals surface area contributed by atoms with Gasteiger partial charge >= 0.3 is 0 Å². The summed E-state index contributed by atoms with van der Waals surface area (Å²) in [7, 11) is 5.12. The fourth-order valence-corrected chi connectivity index (χ4v) is 4.10. The first-order valence-corrected chi connectivity index (χ1v) is 11.0. The van der Waals surface area contributed by atoms with E-state index in [1.807, 2.05) is 101 Å². The molecule has 2 aromatic heterocycles. The van der Waals surface area contributed by atoms with Gasteiger partial charge in [-0.25, -0.2) is 9.67 Å². The molecule has 5 aromatic rings. The van der Waals surface area contributed by atoms with E-state index in [4.69, 9.17) is 19.6 Å². The largest absolute Gasteiger partial charge is 0.493 e. The number of fused-ring (bicyclic) bond motifs is 1. The molecule has 3 aromatic carbocycles. The summed E-state index contributed by atoms with van der Waals surface area (Å²) >= 11 is 0. The minimum atomic E-state index is 0.443.